The lowest BCUT2D eigenvalue weighted by atomic mass is 10.3. The van der Waals surface area contributed by atoms with Gasteiger partial charge in [-0.1, -0.05) is 13.0 Å². The number of hydrogen-bond acceptors (Lipinski definition) is 2. The summed E-state index contributed by atoms with van der Waals surface area (Å²) in [6.07, 6.45) is 2.35. The molecule has 0 spiro atoms. The summed E-state index contributed by atoms with van der Waals surface area (Å²) in [7, 11) is 0. The minimum atomic E-state index is -0.441. The van der Waals surface area contributed by atoms with E-state index in [0.29, 0.717) is 6.54 Å². The van der Waals surface area contributed by atoms with Crippen LogP contribution in [0.4, 0.5) is 4.79 Å². The first-order valence-electron chi connectivity index (χ1n) is 4.84. The largest absolute Gasteiger partial charge is 0.427 e. The highest BCUT2D eigenvalue weighted by atomic mass is 16.5. The Kier molecular flexibility index (Phi) is 3.91. The smallest absolute Gasteiger partial charge is 0.343 e. The maximum absolute atomic E-state index is 11.2. The van der Waals surface area contributed by atoms with Crippen molar-refractivity contribution in [1.29, 1.82) is 0 Å². The fourth-order valence-electron chi connectivity index (χ4n) is 1.05. The van der Waals surface area contributed by atoms with Crippen LogP contribution in [0.3, 0.4) is 0 Å². The van der Waals surface area contributed by atoms with Crippen LogP contribution in [-0.4, -0.2) is 22.5 Å². The zero-order valence-corrected chi connectivity index (χ0v) is 8.90. The Morgan fingerprint density at radius 3 is 2.93 bits per heavy atom. The minimum Gasteiger partial charge on any atom is -0.427 e. The molecule has 1 aromatic rings. The van der Waals surface area contributed by atoms with Crippen LogP contribution in [0.2, 0.25) is 0 Å². The summed E-state index contributed by atoms with van der Waals surface area (Å²) < 4.78 is 0.834. The molecular formula is C10H15N3O2. The van der Waals surface area contributed by atoms with Gasteiger partial charge in [0.25, 0.3) is 0 Å². The van der Waals surface area contributed by atoms with Crippen molar-refractivity contribution in [3.05, 3.63) is 29.4 Å². The molecule has 0 saturated carbocycles. The van der Waals surface area contributed by atoms with Crippen LogP contribution in [0.25, 0.3) is 0 Å². The van der Waals surface area contributed by atoms with Gasteiger partial charge < -0.3 is 10.5 Å². The molecule has 0 aliphatic carbocycles. The first-order chi connectivity index (χ1) is 7.13. The van der Waals surface area contributed by atoms with E-state index in [1.807, 2.05) is 13.8 Å². The van der Waals surface area contributed by atoms with Gasteiger partial charge in [-0.25, -0.2) is 4.79 Å². The third-order valence-electron chi connectivity index (χ3n) is 1.80. The van der Waals surface area contributed by atoms with Crippen LogP contribution in [-0.2, 0) is 0 Å². The number of carbonyl (C=O) groups is 1. The number of aromatic nitrogens is 1. The van der Waals surface area contributed by atoms with Crippen LogP contribution >= 0.6 is 0 Å². The highest BCUT2D eigenvalue weighted by Gasteiger charge is 1.97. The Morgan fingerprint density at radius 2 is 2.33 bits per heavy atom. The summed E-state index contributed by atoms with van der Waals surface area (Å²) in [5, 5.41) is 12.0. The van der Waals surface area contributed by atoms with Gasteiger partial charge in [0.2, 0.25) is 0 Å². The van der Waals surface area contributed by atoms with E-state index in [2.05, 4.69) is 10.3 Å². The quantitative estimate of drug-likeness (QED) is 0.715. The van der Waals surface area contributed by atoms with E-state index in [4.69, 9.17) is 0 Å². The van der Waals surface area contributed by atoms with Crippen molar-refractivity contribution in [3.8, 4) is 0 Å². The molecule has 5 heteroatoms. The minimum absolute atomic E-state index is 0.217. The summed E-state index contributed by atoms with van der Waals surface area (Å²) in [6, 6.07) is 2.92. The van der Waals surface area contributed by atoms with Gasteiger partial charge in [-0.3, -0.25) is 0 Å². The molecule has 2 N–H and O–H groups in total. The van der Waals surface area contributed by atoms with E-state index < -0.39 is 6.03 Å². The van der Waals surface area contributed by atoms with E-state index in [0.717, 1.165) is 16.7 Å². The molecule has 0 atom stereocenters. The Bertz CT molecular complexity index is 409. The molecular weight excluding hydrogens is 194 g/mol. The maximum atomic E-state index is 11.2. The zero-order valence-electron chi connectivity index (χ0n) is 8.90. The Balaban J connectivity index is 2.85. The summed E-state index contributed by atoms with van der Waals surface area (Å²) in [4.78, 5) is 14.9. The van der Waals surface area contributed by atoms with Crippen LogP contribution in [0.1, 0.15) is 18.9 Å². The van der Waals surface area contributed by atoms with Gasteiger partial charge in [-0.05, 0) is 25.0 Å². The molecule has 82 valence electrons. The molecule has 15 heavy (non-hydrogen) atoms. The second kappa shape index (κ2) is 5.19. The van der Waals surface area contributed by atoms with Crippen molar-refractivity contribution in [2.24, 2.45) is 4.99 Å². The monoisotopic (exact) mass is 209 g/mol. The van der Waals surface area contributed by atoms with Crippen LogP contribution in [0, 0.1) is 6.92 Å². The lowest BCUT2D eigenvalue weighted by molar-refractivity contribution is 0.170. The molecule has 0 aliphatic rings. The number of nitrogens with zero attached hydrogens (tertiary/aromatic N) is 2. The Morgan fingerprint density at radius 1 is 1.60 bits per heavy atom. The van der Waals surface area contributed by atoms with Gasteiger partial charge in [-0.15, -0.1) is 0 Å². The van der Waals surface area contributed by atoms with E-state index >= 15 is 0 Å². The first kappa shape index (κ1) is 11.3. The lowest BCUT2D eigenvalue weighted by Gasteiger charge is -2.00. The van der Waals surface area contributed by atoms with Crippen molar-refractivity contribution in [2.75, 3.05) is 6.54 Å². The van der Waals surface area contributed by atoms with Crippen molar-refractivity contribution >= 4 is 6.03 Å². The average Bonchev–Trinajstić information content (AvgIpc) is 2.19. The summed E-state index contributed by atoms with van der Waals surface area (Å²) in [5.74, 6) is 0. The number of nitrogens with one attached hydrogen (secondary N) is 1. The molecule has 0 bridgehead atoms. The van der Waals surface area contributed by atoms with Crippen molar-refractivity contribution in [3.63, 3.8) is 0 Å². The molecule has 0 unspecified atom stereocenters. The normalized spacial score (nSPS) is 11.5. The maximum Gasteiger partial charge on any atom is 0.343 e. The van der Waals surface area contributed by atoms with Gasteiger partial charge in [0.15, 0.2) is 5.49 Å². The number of aryl methyl sites for hydroxylation is 1. The van der Waals surface area contributed by atoms with Gasteiger partial charge in [0, 0.05) is 12.7 Å². The predicted octanol–water partition coefficient (Wildman–Crippen LogP) is 1.05. The van der Waals surface area contributed by atoms with Gasteiger partial charge in [0.1, 0.15) is 0 Å². The average molecular weight is 209 g/mol. The predicted molar refractivity (Wildman–Crippen MR) is 55.6 cm³/mol. The molecule has 2 amide bonds. The third kappa shape index (κ3) is 3.46. The van der Waals surface area contributed by atoms with Crippen molar-refractivity contribution in [1.82, 2.24) is 10.0 Å². The number of hydrogen-bond donors (Lipinski definition) is 2. The van der Waals surface area contributed by atoms with Crippen LogP contribution < -0.4 is 10.8 Å². The molecule has 5 nitrogen and oxygen atoms in total. The molecule has 0 fully saturated rings. The summed E-state index contributed by atoms with van der Waals surface area (Å²) in [5.41, 5.74) is 1.11. The third-order valence-corrected chi connectivity index (χ3v) is 1.80. The number of carbonyl (C=O) groups excluding carboxylic acids is 1. The van der Waals surface area contributed by atoms with Crippen LogP contribution in [0.5, 0.6) is 0 Å². The fourth-order valence-corrected chi connectivity index (χ4v) is 1.05. The second-order valence-electron chi connectivity index (χ2n) is 3.25. The molecule has 1 aromatic heterocycles. The number of rotatable bonds is 2. The highest BCUT2D eigenvalue weighted by Crippen LogP contribution is 1.89. The van der Waals surface area contributed by atoms with E-state index in [1.165, 1.54) is 6.20 Å². The summed E-state index contributed by atoms with van der Waals surface area (Å²) >= 11 is 0. The highest BCUT2D eigenvalue weighted by molar-refractivity contribution is 5.74. The SMILES string of the molecule is CCCNC(=O)/N=c1\ccc(C)cn1O. The summed E-state index contributed by atoms with van der Waals surface area (Å²) in [6.45, 7) is 4.38. The molecule has 1 heterocycles. The Labute approximate surface area is 88.0 Å². The number of pyridine rings is 1. The molecule has 0 radical (unpaired) electrons. The van der Waals surface area contributed by atoms with Crippen molar-refractivity contribution in [2.45, 2.75) is 20.3 Å². The molecule has 0 aliphatic heterocycles. The van der Waals surface area contributed by atoms with Gasteiger partial charge in [0.05, 0.1) is 0 Å². The molecule has 0 aromatic carbocycles. The number of amides is 2. The Hall–Kier alpha value is -1.78. The van der Waals surface area contributed by atoms with E-state index in [9.17, 15) is 10.0 Å². The zero-order chi connectivity index (χ0) is 11.3. The second-order valence-corrected chi connectivity index (χ2v) is 3.25. The standard InChI is InChI=1S/C10H15N3O2/c1-3-6-11-10(14)12-9-5-4-8(2)7-13(9)15/h4-5,7,15H,3,6H2,1-2H3,(H,11,14)/b12-9+. The molecule has 1 rings (SSSR count). The topological polar surface area (TPSA) is 66.6 Å². The van der Waals surface area contributed by atoms with Gasteiger partial charge >= 0.3 is 6.03 Å². The fraction of sp³-hybridized carbons (Fsp3) is 0.400. The van der Waals surface area contributed by atoms with Gasteiger partial charge in [-0.2, -0.15) is 9.72 Å². The number of urea groups is 1. The van der Waals surface area contributed by atoms with Crippen molar-refractivity contribution < 1.29 is 10.0 Å². The first-order valence-corrected chi connectivity index (χ1v) is 4.84. The van der Waals surface area contributed by atoms with Crippen LogP contribution in [0.15, 0.2) is 23.3 Å². The van der Waals surface area contributed by atoms with E-state index in [1.54, 1.807) is 12.1 Å². The molecule has 0 saturated heterocycles. The van der Waals surface area contributed by atoms with E-state index in [-0.39, 0.29) is 5.49 Å². The lowest BCUT2D eigenvalue weighted by Crippen LogP contribution is -2.26.